The second-order valence-electron chi connectivity index (χ2n) is 5.44. The van der Waals surface area contributed by atoms with Gasteiger partial charge in [-0.05, 0) is 49.3 Å². The van der Waals surface area contributed by atoms with Crippen LogP contribution in [0.3, 0.4) is 0 Å². The Morgan fingerprint density at radius 2 is 1.92 bits per heavy atom. The standard InChI is InChI=1S/C19H22N2O2S/c1-3-12-23-17-11-7-10-16(13-17)18(22)21-19(24)20-14(2)15-8-5-4-6-9-15/h4-11,13-14H,3,12H2,1-2H3,(H2,20,21,22,24). The van der Waals surface area contributed by atoms with Gasteiger partial charge in [-0.3, -0.25) is 10.1 Å². The van der Waals surface area contributed by atoms with Gasteiger partial charge in [0, 0.05) is 5.56 Å². The molecule has 0 aromatic heterocycles. The summed E-state index contributed by atoms with van der Waals surface area (Å²) in [5, 5.41) is 6.12. The van der Waals surface area contributed by atoms with Crippen LogP contribution in [0, 0.1) is 0 Å². The molecule has 0 bridgehead atoms. The van der Waals surface area contributed by atoms with Crippen molar-refractivity contribution >= 4 is 23.2 Å². The Hall–Kier alpha value is -2.40. The molecule has 126 valence electrons. The minimum absolute atomic E-state index is 0.0122. The van der Waals surface area contributed by atoms with Crippen LogP contribution < -0.4 is 15.4 Å². The maximum atomic E-state index is 12.3. The average Bonchev–Trinajstić information content (AvgIpc) is 2.60. The summed E-state index contributed by atoms with van der Waals surface area (Å²) in [4.78, 5) is 12.3. The molecule has 5 heteroatoms. The Bertz CT molecular complexity index is 689. The highest BCUT2D eigenvalue weighted by Gasteiger charge is 2.11. The first-order valence-electron chi connectivity index (χ1n) is 7.99. The van der Waals surface area contributed by atoms with Crippen molar-refractivity contribution in [3.63, 3.8) is 0 Å². The Labute approximate surface area is 148 Å². The minimum Gasteiger partial charge on any atom is -0.494 e. The first-order valence-corrected chi connectivity index (χ1v) is 8.40. The molecule has 0 aliphatic heterocycles. The summed E-state index contributed by atoms with van der Waals surface area (Å²) in [5.74, 6) is 0.427. The van der Waals surface area contributed by atoms with E-state index in [0.29, 0.717) is 23.0 Å². The number of thiocarbonyl (C=S) groups is 1. The lowest BCUT2D eigenvalue weighted by molar-refractivity contribution is 0.0976. The van der Waals surface area contributed by atoms with Crippen molar-refractivity contribution in [2.75, 3.05) is 6.61 Å². The topological polar surface area (TPSA) is 50.4 Å². The minimum atomic E-state index is -0.255. The summed E-state index contributed by atoms with van der Waals surface area (Å²) < 4.78 is 5.54. The van der Waals surface area contributed by atoms with Crippen molar-refractivity contribution in [2.45, 2.75) is 26.3 Å². The fraction of sp³-hybridized carbons (Fsp3) is 0.263. The Balaban J connectivity index is 1.93. The lowest BCUT2D eigenvalue weighted by atomic mass is 10.1. The summed E-state index contributed by atoms with van der Waals surface area (Å²) in [5.41, 5.74) is 1.61. The van der Waals surface area contributed by atoms with E-state index in [2.05, 4.69) is 10.6 Å². The smallest absolute Gasteiger partial charge is 0.257 e. The number of amides is 1. The van der Waals surface area contributed by atoms with Gasteiger partial charge in [0.15, 0.2) is 5.11 Å². The molecule has 1 atom stereocenters. The normalized spacial score (nSPS) is 11.4. The maximum absolute atomic E-state index is 12.3. The van der Waals surface area contributed by atoms with Gasteiger partial charge in [0.25, 0.3) is 5.91 Å². The van der Waals surface area contributed by atoms with Crippen LogP contribution in [0.5, 0.6) is 5.75 Å². The van der Waals surface area contributed by atoms with Gasteiger partial charge in [-0.25, -0.2) is 0 Å². The number of carbonyl (C=O) groups is 1. The van der Waals surface area contributed by atoms with Gasteiger partial charge in [-0.15, -0.1) is 0 Å². The van der Waals surface area contributed by atoms with Crippen LogP contribution in [0.2, 0.25) is 0 Å². The summed E-state index contributed by atoms with van der Waals surface area (Å²) >= 11 is 5.24. The van der Waals surface area contributed by atoms with E-state index in [4.69, 9.17) is 17.0 Å². The van der Waals surface area contributed by atoms with Gasteiger partial charge in [-0.2, -0.15) is 0 Å². The highest BCUT2D eigenvalue weighted by Crippen LogP contribution is 2.14. The van der Waals surface area contributed by atoms with E-state index in [-0.39, 0.29) is 11.9 Å². The summed E-state index contributed by atoms with van der Waals surface area (Å²) in [6, 6.07) is 17.0. The summed E-state index contributed by atoms with van der Waals surface area (Å²) in [7, 11) is 0. The van der Waals surface area contributed by atoms with E-state index >= 15 is 0 Å². The largest absolute Gasteiger partial charge is 0.494 e. The molecular formula is C19H22N2O2S. The number of rotatable bonds is 6. The molecule has 0 heterocycles. The fourth-order valence-electron chi connectivity index (χ4n) is 2.18. The third kappa shape index (κ3) is 5.35. The Morgan fingerprint density at radius 3 is 2.62 bits per heavy atom. The SMILES string of the molecule is CCCOc1cccc(C(=O)NC(=S)NC(C)c2ccccc2)c1. The van der Waals surface area contributed by atoms with Crippen molar-refractivity contribution in [3.8, 4) is 5.75 Å². The van der Waals surface area contributed by atoms with E-state index in [1.165, 1.54) is 0 Å². The van der Waals surface area contributed by atoms with Crippen LogP contribution in [0.15, 0.2) is 54.6 Å². The van der Waals surface area contributed by atoms with Gasteiger partial charge < -0.3 is 10.1 Å². The monoisotopic (exact) mass is 342 g/mol. The second kappa shape index (κ2) is 9.03. The number of hydrogen-bond donors (Lipinski definition) is 2. The van der Waals surface area contributed by atoms with Gasteiger partial charge in [0.05, 0.1) is 12.6 Å². The molecule has 1 amide bonds. The van der Waals surface area contributed by atoms with Crippen LogP contribution in [-0.4, -0.2) is 17.6 Å². The van der Waals surface area contributed by atoms with Crippen LogP contribution >= 0.6 is 12.2 Å². The van der Waals surface area contributed by atoms with Gasteiger partial charge >= 0.3 is 0 Å². The predicted molar refractivity (Wildman–Crippen MR) is 100 cm³/mol. The second-order valence-corrected chi connectivity index (χ2v) is 5.84. The quantitative estimate of drug-likeness (QED) is 0.783. The van der Waals surface area contributed by atoms with Crippen molar-refractivity contribution in [2.24, 2.45) is 0 Å². The zero-order valence-corrected chi connectivity index (χ0v) is 14.7. The van der Waals surface area contributed by atoms with E-state index in [1.807, 2.05) is 50.2 Å². The lowest BCUT2D eigenvalue weighted by Gasteiger charge is -2.17. The van der Waals surface area contributed by atoms with Gasteiger partial charge in [0.2, 0.25) is 0 Å². The van der Waals surface area contributed by atoms with Crippen molar-refractivity contribution < 1.29 is 9.53 Å². The molecule has 2 aromatic carbocycles. The Kier molecular flexibility index (Phi) is 6.75. The first kappa shape index (κ1) is 17.9. The van der Waals surface area contributed by atoms with Crippen LogP contribution in [0.25, 0.3) is 0 Å². The van der Waals surface area contributed by atoms with E-state index in [9.17, 15) is 4.79 Å². The highest BCUT2D eigenvalue weighted by atomic mass is 32.1. The van der Waals surface area contributed by atoms with Crippen molar-refractivity contribution in [3.05, 3.63) is 65.7 Å². The molecule has 2 N–H and O–H groups in total. The van der Waals surface area contributed by atoms with Gasteiger partial charge in [0.1, 0.15) is 5.75 Å². The average molecular weight is 342 g/mol. The highest BCUT2D eigenvalue weighted by molar-refractivity contribution is 7.80. The molecule has 0 fully saturated rings. The van der Waals surface area contributed by atoms with Crippen LogP contribution in [0.4, 0.5) is 0 Å². The van der Waals surface area contributed by atoms with Crippen LogP contribution in [0.1, 0.15) is 42.2 Å². The van der Waals surface area contributed by atoms with Crippen molar-refractivity contribution in [1.29, 1.82) is 0 Å². The number of nitrogens with one attached hydrogen (secondary N) is 2. The molecule has 0 radical (unpaired) electrons. The molecule has 0 spiro atoms. The van der Waals surface area contributed by atoms with Gasteiger partial charge in [-0.1, -0.05) is 43.3 Å². The third-order valence-corrected chi connectivity index (χ3v) is 3.66. The summed E-state index contributed by atoms with van der Waals surface area (Å²) in [6.07, 6.45) is 0.918. The van der Waals surface area contributed by atoms with Crippen molar-refractivity contribution in [1.82, 2.24) is 10.6 Å². The zero-order valence-electron chi connectivity index (χ0n) is 13.9. The molecule has 0 saturated carbocycles. The van der Waals surface area contributed by atoms with E-state index in [0.717, 1.165) is 12.0 Å². The number of ether oxygens (including phenoxy) is 1. The lowest BCUT2D eigenvalue weighted by Crippen LogP contribution is -2.40. The molecule has 2 aromatic rings. The molecule has 1 unspecified atom stereocenters. The predicted octanol–water partition coefficient (Wildman–Crippen LogP) is 3.84. The molecule has 0 aliphatic rings. The first-order chi connectivity index (χ1) is 11.6. The van der Waals surface area contributed by atoms with E-state index in [1.54, 1.807) is 18.2 Å². The summed E-state index contributed by atoms with van der Waals surface area (Å²) in [6.45, 7) is 4.65. The number of carbonyl (C=O) groups excluding carboxylic acids is 1. The molecule has 4 nitrogen and oxygen atoms in total. The van der Waals surface area contributed by atoms with E-state index < -0.39 is 0 Å². The molecular weight excluding hydrogens is 320 g/mol. The number of benzene rings is 2. The maximum Gasteiger partial charge on any atom is 0.257 e. The third-order valence-electron chi connectivity index (χ3n) is 3.44. The fourth-order valence-corrected chi connectivity index (χ4v) is 2.45. The number of hydrogen-bond acceptors (Lipinski definition) is 3. The molecule has 2 rings (SSSR count). The molecule has 24 heavy (non-hydrogen) atoms. The Morgan fingerprint density at radius 1 is 1.17 bits per heavy atom. The molecule has 0 saturated heterocycles. The zero-order chi connectivity index (χ0) is 17.4. The van der Waals surface area contributed by atoms with Crippen LogP contribution in [-0.2, 0) is 0 Å². The molecule has 0 aliphatic carbocycles.